The van der Waals surface area contributed by atoms with E-state index in [0.29, 0.717) is 21.4 Å². The fourth-order valence-electron chi connectivity index (χ4n) is 2.36. The Morgan fingerprint density at radius 1 is 1.08 bits per heavy atom. The first-order valence-electron chi connectivity index (χ1n) is 7.41. The first kappa shape index (κ1) is 19.6. The maximum atomic E-state index is 12.6. The average molecular weight is 401 g/mol. The molecule has 0 fully saturated rings. The SMILES string of the molecule is Cc1ccc(Cl)cc1NC(=O)[C@H](C)N(c1ccc(Cl)cc1)S(C)(=O)=O. The van der Waals surface area contributed by atoms with E-state index < -0.39 is 22.0 Å². The molecule has 0 bridgehead atoms. The average Bonchev–Trinajstić information content (AvgIpc) is 2.51. The van der Waals surface area contributed by atoms with Gasteiger partial charge < -0.3 is 5.32 Å². The van der Waals surface area contributed by atoms with Gasteiger partial charge in [-0.15, -0.1) is 0 Å². The van der Waals surface area contributed by atoms with Gasteiger partial charge in [-0.1, -0.05) is 29.3 Å². The van der Waals surface area contributed by atoms with Crippen molar-refractivity contribution in [3.05, 3.63) is 58.1 Å². The standard InChI is InChI=1S/C17H18Cl2N2O3S/c1-11-4-5-14(19)10-16(11)20-17(22)12(2)21(25(3,23)24)15-8-6-13(18)7-9-15/h4-10,12H,1-3H3,(H,20,22)/t12-/m0/s1. The van der Waals surface area contributed by atoms with Crippen LogP contribution in [0, 0.1) is 6.92 Å². The molecule has 1 atom stereocenters. The Hall–Kier alpha value is -1.76. The summed E-state index contributed by atoms with van der Waals surface area (Å²) < 4.78 is 25.5. The van der Waals surface area contributed by atoms with Crippen molar-refractivity contribution in [1.29, 1.82) is 0 Å². The Labute approximate surface area is 157 Å². The lowest BCUT2D eigenvalue weighted by Crippen LogP contribution is -2.45. The molecule has 0 radical (unpaired) electrons. The predicted octanol–water partition coefficient (Wildman–Crippen LogP) is 4.10. The molecule has 2 aromatic carbocycles. The van der Waals surface area contributed by atoms with Crippen LogP contribution in [0.15, 0.2) is 42.5 Å². The van der Waals surface area contributed by atoms with Crippen molar-refractivity contribution in [2.24, 2.45) is 0 Å². The number of aryl methyl sites for hydroxylation is 1. The van der Waals surface area contributed by atoms with Crippen LogP contribution in [0.25, 0.3) is 0 Å². The molecule has 1 amide bonds. The molecule has 0 unspecified atom stereocenters. The number of amides is 1. The Balaban J connectivity index is 2.33. The summed E-state index contributed by atoms with van der Waals surface area (Å²) in [5, 5.41) is 3.68. The highest BCUT2D eigenvalue weighted by atomic mass is 35.5. The molecule has 0 saturated heterocycles. The van der Waals surface area contributed by atoms with E-state index in [4.69, 9.17) is 23.2 Å². The lowest BCUT2D eigenvalue weighted by Gasteiger charge is -2.28. The number of hydrogen-bond acceptors (Lipinski definition) is 3. The number of nitrogens with zero attached hydrogens (tertiary/aromatic N) is 1. The number of carbonyl (C=O) groups is 1. The molecule has 0 aromatic heterocycles. The minimum absolute atomic E-state index is 0.359. The quantitative estimate of drug-likeness (QED) is 0.821. The molecule has 0 aliphatic rings. The zero-order chi connectivity index (χ0) is 18.8. The van der Waals surface area contributed by atoms with E-state index in [1.54, 1.807) is 42.5 Å². The number of sulfonamides is 1. The topological polar surface area (TPSA) is 66.5 Å². The van der Waals surface area contributed by atoms with Crippen LogP contribution in [0.2, 0.25) is 10.0 Å². The second-order valence-corrected chi connectivity index (χ2v) is 8.39. The molecule has 1 N–H and O–H groups in total. The number of benzene rings is 2. The van der Waals surface area contributed by atoms with Crippen LogP contribution in [0.4, 0.5) is 11.4 Å². The van der Waals surface area contributed by atoms with Crippen molar-refractivity contribution in [2.75, 3.05) is 15.9 Å². The van der Waals surface area contributed by atoms with Gasteiger partial charge in [0.2, 0.25) is 15.9 Å². The highest BCUT2D eigenvalue weighted by Crippen LogP contribution is 2.25. The van der Waals surface area contributed by atoms with Gasteiger partial charge in [-0.05, 0) is 55.8 Å². The highest BCUT2D eigenvalue weighted by Gasteiger charge is 2.29. The van der Waals surface area contributed by atoms with E-state index in [-0.39, 0.29) is 0 Å². The van der Waals surface area contributed by atoms with Gasteiger partial charge in [-0.2, -0.15) is 0 Å². The molecular formula is C17H18Cl2N2O3S. The van der Waals surface area contributed by atoms with Gasteiger partial charge in [0.15, 0.2) is 0 Å². The minimum atomic E-state index is -3.68. The molecule has 0 spiro atoms. The zero-order valence-electron chi connectivity index (χ0n) is 14.0. The molecule has 0 saturated carbocycles. The maximum absolute atomic E-state index is 12.6. The summed E-state index contributed by atoms with van der Waals surface area (Å²) in [6.07, 6.45) is 1.05. The van der Waals surface area contributed by atoms with E-state index in [2.05, 4.69) is 5.32 Å². The molecule has 2 aromatic rings. The summed E-state index contributed by atoms with van der Waals surface area (Å²) >= 11 is 11.8. The Kier molecular flexibility index (Phi) is 5.98. The van der Waals surface area contributed by atoms with Gasteiger partial charge in [0.1, 0.15) is 6.04 Å². The van der Waals surface area contributed by atoms with E-state index in [1.807, 2.05) is 6.92 Å². The van der Waals surface area contributed by atoms with Crippen molar-refractivity contribution in [2.45, 2.75) is 19.9 Å². The van der Waals surface area contributed by atoms with Gasteiger partial charge in [0.25, 0.3) is 0 Å². The van der Waals surface area contributed by atoms with Crippen molar-refractivity contribution < 1.29 is 13.2 Å². The minimum Gasteiger partial charge on any atom is -0.324 e. The fraction of sp³-hybridized carbons (Fsp3) is 0.235. The van der Waals surface area contributed by atoms with Gasteiger partial charge >= 0.3 is 0 Å². The molecule has 0 heterocycles. The Morgan fingerprint density at radius 2 is 1.64 bits per heavy atom. The Morgan fingerprint density at radius 3 is 2.20 bits per heavy atom. The van der Waals surface area contributed by atoms with Crippen molar-refractivity contribution >= 4 is 50.5 Å². The number of rotatable bonds is 5. The molecule has 25 heavy (non-hydrogen) atoms. The van der Waals surface area contributed by atoms with Gasteiger partial charge in [0, 0.05) is 15.7 Å². The van der Waals surface area contributed by atoms with E-state index in [0.717, 1.165) is 16.1 Å². The first-order chi connectivity index (χ1) is 11.6. The van der Waals surface area contributed by atoms with E-state index in [1.165, 1.54) is 6.92 Å². The Bertz CT molecular complexity index is 883. The number of anilines is 2. The summed E-state index contributed by atoms with van der Waals surface area (Å²) in [5.41, 5.74) is 1.72. The third kappa shape index (κ3) is 4.87. The third-order valence-electron chi connectivity index (χ3n) is 3.63. The number of carbonyl (C=O) groups excluding carboxylic acids is 1. The molecule has 2 rings (SSSR count). The van der Waals surface area contributed by atoms with E-state index in [9.17, 15) is 13.2 Å². The van der Waals surface area contributed by atoms with Crippen molar-refractivity contribution in [3.8, 4) is 0 Å². The number of nitrogens with one attached hydrogen (secondary N) is 1. The van der Waals surface area contributed by atoms with Crippen LogP contribution in [-0.2, 0) is 14.8 Å². The second kappa shape index (κ2) is 7.64. The summed E-state index contributed by atoms with van der Waals surface area (Å²) in [6.45, 7) is 3.34. The molecule has 0 aliphatic heterocycles. The van der Waals surface area contributed by atoms with Crippen LogP contribution < -0.4 is 9.62 Å². The fourth-order valence-corrected chi connectivity index (χ4v) is 3.84. The predicted molar refractivity (Wildman–Crippen MR) is 103 cm³/mol. The van der Waals surface area contributed by atoms with Gasteiger partial charge in [0.05, 0.1) is 11.9 Å². The van der Waals surface area contributed by atoms with Crippen molar-refractivity contribution in [1.82, 2.24) is 0 Å². The van der Waals surface area contributed by atoms with E-state index >= 15 is 0 Å². The van der Waals surface area contributed by atoms with Gasteiger partial charge in [-0.25, -0.2) is 8.42 Å². The van der Waals surface area contributed by atoms with Crippen molar-refractivity contribution in [3.63, 3.8) is 0 Å². The molecular weight excluding hydrogens is 383 g/mol. The molecule has 5 nitrogen and oxygen atoms in total. The third-order valence-corrected chi connectivity index (χ3v) is 5.36. The maximum Gasteiger partial charge on any atom is 0.248 e. The second-order valence-electron chi connectivity index (χ2n) is 5.66. The first-order valence-corrected chi connectivity index (χ1v) is 10.0. The summed E-state index contributed by atoms with van der Waals surface area (Å²) in [7, 11) is -3.68. The molecule has 0 aliphatic carbocycles. The van der Waals surface area contributed by atoms with Crippen LogP contribution in [0.5, 0.6) is 0 Å². The lowest BCUT2D eigenvalue weighted by atomic mass is 10.2. The zero-order valence-corrected chi connectivity index (χ0v) is 16.3. The molecule has 134 valence electrons. The monoisotopic (exact) mass is 400 g/mol. The number of halogens is 2. The van der Waals surface area contributed by atoms with Crippen LogP contribution in [0.1, 0.15) is 12.5 Å². The van der Waals surface area contributed by atoms with Gasteiger partial charge in [-0.3, -0.25) is 9.10 Å². The molecule has 8 heteroatoms. The largest absolute Gasteiger partial charge is 0.324 e. The summed E-state index contributed by atoms with van der Waals surface area (Å²) in [4.78, 5) is 12.6. The van der Waals surface area contributed by atoms with Crippen LogP contribution in [-0.4, -0.2) is 26.6 Å². The number of hydrogen-bond donors (Lipinski definition) is 1. The van der Waals surface area contributed by atoms with Crippen LogP contribution in [0.3, 0.4) is 0 Å². The highest BCUT2D eigenvalue weighted by molar-refractivity contribution is 7.92. The smallest absolute Gasteiger partial charge is 0.248 e. The summed E-state index contributed by atoms with van der Waals surface area (Å²) in [6, 6.07) is 10.4. The van der Waals surface area contributed by atoms with Crippen LogP contribution >= 0.6 is 23.2 Å². The normalized spacial score (nSPS) is 12.5. The summed E-state index contributed by atoms with van der Waals surface area (Å²) in [5.74, 6) is -0.467. The lowest BCUT2D eigenvalue weighted by molar-refractivity contribution is -0.116.